The third-order valence-corrected chi connectivity index (χ3v) is 0.111. The van der Waals surface area contributed by atoms with Crippen molar-refractivity contribution >= 4 is 0 Å². The first kappa shape index (κ1) is 18.7. The number of rotatable bonds is 0. The molecule has 0 atom stereocenters. The first-order valence-electron chi connectivity index (χ1n) is 1.00. The SMILES string of the molecule is NC=CN.O.O. The molecule has 0 unspecified atom stereocenters. The number of nitrogens with two attached hydrogens (primary N) is 2. The van der Waals surface area contributed by atoms with Gasteiger partial charge in [0.05, 0.1) is 0 Å². The molecule has 0 aromatic rings. The van der Waals surface area contributed by atoms with Crippen LogP contribution in [0.2, 0.25) is 0 Å². The Bertz CT molecular complexity index is 24.7. The summed E-state index contributed by atoms with van der Waals surface area (Å²) in [6, 6.07) is 0. The normalized spacial score (nSPS) is 6.00. The van der Waals surface area contributed by atoms with Gasteiger partial charge in [0, 0.05) is 12.4 Å². The van der Waals surface area contributed by atoms with Crippen LogP contribution in [0.25, 0.3) is 0 Å². The summed E-state index contributed by atoms with van der Waals surface area (Å²) in [4.78, 5) is 0. The van der Waals surface area contributed by atoms with E-state index in [4.69, 9.17) is 11.5 Å². The van der Waals surface area contributed by atoms with Gasteiger partial charge < -0.3 is 22.4 Å². The molecule has 0 amide bonds. The minimum Gasteiger partial charge on any atom is -0.412 e. The molecule has 6 heavy (non-hydrogen) atoms. The zero-order chi connectivity index (χ0) is 3.41. The summed E-state index contributed by atoms with van der Waals surface area (Å²) in [6.45, 7) is 0. The van der Waals surface area contributed by atoms with Crippen LogP contribution >= 0.6 is 0 Å². The molecule has 40 valence electrons. The van der Waals surface area contributed by atoms with E-state index in [0.717, 1.165) is 0 Å². The van der Waals surface area contributed by atoms with Crippen molar-refractivity contribution in [3.8, 4) is 0 Å². The van der Waals surface area contributed by atoms with Gasteiger partial charge in [-0.05, 0) is 0 Å². The lowest BCUT2D eigenvalue weighted by Gasteiger charge is -1.56. The number of hydrogen-bond donors (Lipinski definition) is 2. The molecule has 0 saturated heterocycles. The first-order chi connectivity index (χ1) is 1.91. The molecule has 0 heterocycles. The average molecular weight is 94.1 g/mol. The van der Waals surface area contributed by atoms with Crippen LogP contribution in [-0.4, -0.2) is 11.0 Å². The monoisotopic (exact) mass is 94.1 g/mol. The lowest BCUT2D eigenvalue weighted by Crippen LogP contribution is -1.81. The highest BCUT2D eigenvalue weighted by atomic mass is 16.0. The Kier molecular flexibility index (Phi) is 88.8. The summed E-state index contributed by atoms with van der Waals surface area (Å²) in [5, 5.41) is 0. The molecule has 0 radical (unpaired) electrons. The van der Waals surface area contributed by atoms with Crippen LogP contribution in [-0.2, 0) is 0 Å². The second-order valence-corrected chi connectivity index (χ2v) is 0.385. The van der Waals surface area contributed by atoms with Gasteiger partial charge in [-0.15, -0.1) is 0 Å². The van der Waals surface area contributed by atoms with Gasteiger partial charge in [-0.2, -0.15) is 0 Å². The molecule has 4 nitrogen and oxygen atoms in total. The molecule has 8 N–H and O–H groups in total. The van der Waals surface area contributed by atoms with Crippen molar-refractivity contribution in [3.05, 3.63) is 12.4 Å². The molecular weight excluding hydrogens is 84.0 g/mol. The van der Waals surface area contributed by atoms with E-state index in [0.29, 0.717) is 0 Å². The topological polar surface area (TPSA) is 115 Å². The molecule has 0 aliphatic rings. The standard InChI is InChI=1S/C2H6N2.2H2O/c3-1-2-4;;/h1-2H,3-4H2;2*1H2. The molecule has 0 saturated carbocycles. The van der Waals surface area contributed by atoms with Crippen molar-refractivity contribution < 1.29 is 11.0 Å². The molecule has 0 aliphatic carbocycles. The van der Waals surface area contributed by atoms with Crippen LogP contribution in [0.15, 0.2) is 12.4 Å². The van der Waals surface area contributed by atoms with Crippen LogP contribution < -0.4 is 11.5 Å². The van der Waals surface area contributed by atoms with Gasteiger partial charge >= 0.3 is 0 Å². The van der Waals surface area contributed by atoms with E-state index in [1.54, 1.807) is 0 Å². The fraction of sp³-hybridized carbons (Fsp3) is 0. The third kappa shape index (κ3) is 246. The van der Waals surface area contributed by atoms with Crippen molar-refractivity contribution in [1.82, 2.24) is 0 Å². The molecule has 0 fully saturated rings. The Morgan fingerprint density at radius 2 is 1.00 bits per heavy atom. The second kappa shape index (κ2) is 28.5. The van der Waals surface area contributed by atoms with Crippen LogP contribution in [0, 0.1) is 0 Å². The Hall–Kier alpha value is -0.740. The summed E-state index contributed by atoms with van der Waals surface area (Å²) in [5.41, 5.74) is 9.44. The fourth-order valence-corrected chi connectivity index (χ4v) is 0. The van der Waals surface area contributed by atoms with Crippen molar-refractivity contribution in [3.63, 3.8) is 0 Å². The summed E-state index contributed by atoms with van der Waals surface area (Å²) in [7, 11) is 0. The van der Waals surface area contributed by atoms with Crippen LogP contribution in [0.1, 0.15) is 0 Å². The fourth-order valence-electron chi connectivity index (χ4n) is 0. The molecule has 0 aromatic carbocycles. The minimum atomic E-state index is 0. The van der Waals surface area contributed by atoms with Gasteiger partial charge in [0.15, 0.2) is 0 Å². The Morgan fingerprint density at radius 3 is 1.00 bits per heavy atom. The number of hydrogen-bond acceptors (Lipinski definition) is 2. The van der Waals surface area contributed by atoms with E-state index >= 15 is 0 Å². The summed E-state index contributed by atoms with van der Waals surface area (Å²) < 4.78 is 0. The highest BCUT2D eigenvalue weighted by Crippen LogP contribution is 1.30. The van der Waals surface area contributed by atoms with Gasteiger partial charge in [-0.3, -0.25) is 0 Å². The van der Waals surface area contributed by atoms with Gasteiger partial charge in [0.25, 0.3) is 0 Å². The van der Waals surface area contributed by atoms with Crippen LogP contribution in [0.5, 0.6) is 0 Å². The molecule has 4 heteroatoms. The summed E-state index contributed by atoms with van der Waals surface area (Å²) in [6.07, 6.45) is 2.56. The quantitative estimate of drug-likeness (QED) is 0.352. The zero-order valence-electron chi connectivity index (χ0n) is 3.31. The van der Waals surface area contributed by atoms with E-state index < -0.39 is 0 Å². The maximum atomic E-state index is 4.72. The van der Waals surface area contributed by atoms with Crippen molar-refractivity contribution in [2.75, 3.05) is 0 Å². The van der Waals surface area contributed by atoms with Gasteiger partial charge in [0.1, 0.15) is 0 Å². The zero-order valence-corrected chi connectivity index (χ0v) is 3.31. The molecule has 0 spiro atoms. The molecule has 0 aromatic heterocycles. The predicted molar refractivity (Wildman–Crippen MR) is 24.7 cm³/mol. The van der Waals surface area contributed by atoms with E-state index in [1.807, 2.05) is 0 Å². The van der Waals surface area contributed by atoms with E-state index in [1.165, 1.54) is 12.4 Å². The summed E-state index contributed by atoms with van der Waals surface area (Å²) >= 11 is 0. The van der Waals surface area contributed by atoms with E-state index in [2.05, 4.69) is 0 Å². The highest BCUT2D eigenvalue weighted by Gasteiger charge is 1.30. The largest absolute Gasteiger partial charge is 0.412 e. The van der Waals surface area contributed by atoms with Crippen LogP contribution in [0.4, 0.5) is 0 Å². The van der Waals surface area contributed by atoms with Crippen molar-refractivity contribution in [2.45, 2.75) is 0 Å². The lowest BCUT2D eigenvalue weighted by atomic mass is 11.0. The Labute approximate surface area is 36.1 Å². The Balaban J connectivity index is -0.0000000450. The molecular formula is C2H10N2O2. The molecule has 0 rings (SSSR count). The van der Waals surface area contributed by atoms with Crippen LogP contribution in [0.3, 0.4) is 0 Å². The second-order valence-electron chi connectivity index (χ2n) is 0.385. The van der Waals surface area contributed by atoms with Gasteiger partial charge in [0.2, 0.25) is 0 Å². The van der Waals surface area contributed by atoms with Gasteiger partial charge in [-0.25, -0.2) is 0 Å². The maximum absolute atomic E-state index is 4.72. The van der Waals surface area contributed by atoms with Gasteiger partial charge in [-0.1, -0.05) is 0 Å². The first-order valence-corrected chi connectivity index (χ1v) is 1.00. The molecule has 0 bridgehead atoms. The van der Waals surface area contributed by atoms with E-state index in [-0.39, 0.29) is 11.0 Å². The Morgan fingerprint density at radius 1 is 0.833 bits per heavy atom. The maximum Gasteiger partial charge on any atom is 0.00957 e. The van der Waals surface area contributed by atoms with E-state index in [9.17, 15) is 0 Å². The summed E-state index contributed by atoms with van der Waals surface area (Å²) in [5.74, 6) is 0. The lowest BCUT2D eigenvalue weighted by molar-refractivity contribution is 0.823. The highest BCUT2D eigenvalue weighted by molar-refractivity contribution is 4.64. The molecule has 0 aliphatic heterocycles. The predicted octanol–water partition coefficient (Wildman–Crippen LogP) is -2.27. The van der Waals surface area contributed by atoms with Crippen molar-refractivity contribution in [1.29, 1.82) is 0 Å². The third-order valence-electron chi connectivity index (χ3n) is 0.111. The smallest absolute Gasteiger partial charge is 0.00957 e. The average Bonchev–Trinajstić information content (AvgIpc) is 1.37. The van der Waals surface area contributed by atoms with Crippen molar-refractivity contribution in [2.24, 2.45) is 11.5 Å². The minimum absolute atomic E-state index is 0.